The molecule has 14 nitrogen and oxygen atoms in total. The monoisotopic (exact) mass is 431 g/mol. The average Bonchev–Trinajstić information content (AvgIpc) is 3.12. The van der Waals surface area contributed by atoms with E-state index in [1.807, 2.05) is 0 Å². The van der Waals surface area contributed by atoms with Crippen LogP contribution >= 0.6 is 0 Å². The first kappa shape index (κ1) is 26.7. The number of carboxylic acids is 2. The largest absolute Gasteiger partial charge is 0.481 e. The van der Waals surface area contributed by atoms with Crippen molar-refractivity contribution in [1.82, 2.24) is 20.8 Å². The molecule has 2 unspecified atom stereocenters. The van der Waals surface area contributed by atoms with Crippen molar-refractivity contribution in [2.45, 2.75) is 57.7 Å². The molecule has 1 rings (SSSR count). The second kappa shape index (κ2) is 14.7. The summed E-state index contributed by atoms with van der Waals surface area (Å²) in [6.45, 7) is 1.75. The molecule has 2 atom stereocenters. The maximum atomic E-state index is 11.7. The molecule has 1 aromatic heterocycles. The summed E-state index contributed by atoms with van der Waals surface area (Å²) in [5.74, 6) is -2.46. The Balaban J connectivity index is 0.00000192. The molecule has 0 aliphatic heterocycles. The van der Waals surface area contributed by atoms with Gasteiger partial charge in [-0.3, -0.25) is 9.59 Å². The first-order chi connectivity index (χ1) is 14.1. The number of aliphatic carboxylic acids is 2. The Bertz CT molecular complexity index is 691. The van der Waals surface area contributed by atoms with Crippen molar-refractivity contribution >= 4 is 23.9 Å². The van der Waals surface area contributed by atoms with Gasteiger partial charge in [0, 0.05) is 13.3 Å². The van der Waals surface area contributed by atoms with Gasteiger partial charge >= 0.3 is 18.0 Å². The molecule has 0 spiro atoms. The van der Waals surface area contributed by atoms with Crippen molar-refractivity contribution in [2.24, 2.45) is 17.2 Å². The first-order valence-corrected chi connectivity index (χ1v) is 9.09. The molecule has 30 heavy (non-hydrogen) atoms. The quantitative estimate of drug-likeness (QED) is 0.194. The number of nitrogens with one attached hydrogen (secondary N) is 2. The van der Waals surface area contributed by atoms with Crippen LogP contribution in [0.2, 0.25) is 0 Å². The van der Waals surface area contributed by atoms with E-state index in [1.54, 1.807) is 0 Å². The summed E-state index contributed by atoms with van der Waals surface area (Å²) in [7, 11) is 0. The lowest BCUT2D eigenvalue weighted by atomic mass is 10.1. The molecule has 0 saturated carbocycles. The number of carbonyl (C=O) groups is 4. The van der Waals surface area contributed by atoms with Gasteiger partial charge < -0.3 is 42.5 Å². The van der Waals surface area contributed by atoms with E-state index >= 15 is 0 Å². The molecule has 1 heterocycles. The van der Waals surface area contributed by atoms with Crippen LogP contribution in [0.25, 0.3) is 0 Å². The van der Waals surface area contributed by atoms with Crippen molar-refractivity contribution in [3.8, 4) is 0 Å². The molecule has 0 saturated heterocycles. The molecule has 0 aromatic carbocycles. The summed E-state index contributed by atoms with van der Waals surface area (Å²) >= 11 is 0. The Labute approximate surface area is 172 Å². The molecule has 1 aromatic rings. The van der Waals surface area contributed by atoms with Crippen LogP contribution in [0.3, 0.4) is 0 Å². The molecule has 0 fully saturated rings. The van der Waals surface area contributed by atoms with Gasteiger partial charge in [0.2, 0.25) is 17.7 Å². The number of nitrogens with two attached hydrogens (primary N) is 3. The predicted octanol–water partition coefficient (Wildman–Crippen LogP) is -1.19. The number of primary amides is 1. The first-order valence-electron chi connectivity index (χ1n) is 9.09. The van der Waals surface area contributed by atoms with Crippen molar-refractivity contribution < 1.29 is 33.8 Å². The van der Waals surface area contributed by atoms with Gasteiger partial charge in [-0.05, 0) is 25.8 Å². The van der Waals surface area contributed by atoms with E-state index in [1.165, 1.54) is 6.92 Å². The number of rotatable bonds is 12. The Hall–Kier alpha value is -3.26. The summed E-state index contributed by atoms with van der Waals surface area (Å²) in [6.07, 6.45) is 1.68. The van der Waals surface area contributed by atoms with Crippen molar-refractivity contribution in [3.05, 3.63) is 11.8 Å². The molecule has 0 radical (unpaired) electrons. The molecule has 170 valence electrons. The van der Waals surface area contributed by atoms with Crippen LogP contribution < -0.4 is 27.8 Å². The lowest BCUT2D eigenvalue weighted by Crippen LogP contribution is -2.46. The number of urea groups is 1. The number of nitrogens with zero attached hydrogens (tertiary/aromatic N) is 2. The normalized spacial score (nSPS) is 12.1. The number of carboxylic acid groups (broad SMARTS) is 2. The van der Waals surface area contributed by atoms with E-state index in [9.17, 15) is 19.2 Å². The number of carbonyl (C=O) groups excluding carboxylic acids is 2. The Morgan fingerprint density at radius 1 is 1.13 bits per heavy atom. The number of aromatic nitrogens is 2. The van der Waals surface area contributed by atoms with E-state index in [0.29, 0.717) is 13.0 Å². The lowest BCUT2D eigenvalue weighted by Gasteiger charge is -2.13. The minimum atomic E-state index is -1.33. The minimum Gasteiger partial charge on any atom is -0.481 e. The highest BCUT2D eigenvalue weighted by Gasteiger charge is 2.21. The summed E-state index contributed by atoms with van der Waals surface area (Å²) < 4.78 is 5.34. The Morgan fingerprint density at radius 2 is 1.77 bits per heavy atom. The fourth-order valence-electron chi connectivity index (χ4n) is 2.01. The van der Waals surface area contributed by atoms with E-state index in [-0.39, 0.29) is 37.1 Å². The van der Waals surface area contributed by atoms with Crippen LogP contribution in [0.5, 0.6) is 0 Å². The highest BCUT2D eigenvalue weighted by molar-refractivity contribution is 5.82. The molecular formula is C16H29N7O7. The van der Waals surface area contributed by atoms with Crippen LogP contribution in [0.15, 0.2) is 4.42 Å². The van der Waals surface area contributed by atoms with Crippen LogP contribution in [0, 0.1) is 0 Å². The molecule has 0 aliphatic carbocycles. The highest BCUT2D eigenvalue weighted by atomic mass is 16.4. The van der Waals surface area contributed by atoms with Gasteiger partial charge in [0.05, 0.1) is 12.6 Å². The summed E-state index contributed by atoms with van der Waals surface area (Å²) in [5.41, 5.74) is 15.8. The number of amides is 3. The Morgan fingerprint density at radius 3 is 2.30 bits per heavy atom. The van der Waals surface area contributed by atoms with Crippen LogP contribution in [0.1, 0.15) is 56.9 Å². The topological polar surface area (TPSA) is 250 Å². The minimum absolute atomic E-state index is 0.113. The number of unbranched alkanes of at least 4 members (excludes halogenated alkanes) is 1. The molecule has 14 heteroatoms. The zero-order valence-corrected chi connectivity index (χ0v) is 16.7. The average molecular weight is 431 g/mol. The molecule has 0 bridgehead atoms. The van der Waals surface area contributed by atoms with Gasteiger partial charge in [0.1, 0.15) is 6.04 Å². The van der Waals surface area contributed by atoms with Gasteiger partial charge in [-0.1, -0.05) is 6.42 Å². The third kappa shape index (κ3) is 13.0. The Kier molecular flexibility index (Phi) is 13.1. The van der Waals surface area contributed by atoms with E-state index in [4.69, 9.17) is 26.1 Å². The predicted molar refractivity (Wildman–Crippen MR) is 103 cm³/mol. The van der Waals surface area contributed by atoms with Crippen molar-refractivity contribution in [2.75, 3.05) is 6.54 Å². The molecule has 10 N–H and O–H groups in total. The second-order valence-corrected chi connectivity index (χ2v) is 6.19. The van der Waals surface area contributed by atoms with Gasteiger partial charge in [-0.15, -0.1) is 10.2 Å². The third-order valence-electron chi connectivity index (χ3n) is 3.42. The summed E-state index contributed by atoms with van der Waals surface area (Å²) in [6, 6.07) is -2.54. The van der Waals surface area contributed by atoms with Crippen LogP contribution in [0.4, 0.5) is 4.79 Å². The SMILES string of the molecule is CC(N)=O.NCCCCC(N)c1nnc(CNC(=O)NC(CCC(=O)O)C(=O)O)o1. The second-order valence-electron chi connectivity index (χ2n) is 6.19. The fourth-order valence-corrected chi connectivity index (χ4v) is 2.01. The molecule has 3 amide bonds. The maximum absolute atomic E-state index is 11.7. The fraction of sp³-hybridized carbons (Fsp3) is 0.625. The molecule has 0 aliphatic rings. The molecular weight excluding hydrogens is 402 g/mol. The van der Waals surface area contributed by atoms with Crippen molar-refractivity contribution in [1.29, 1.82) is 0 Å². The van der Waals surface area contributed by atoms with Crippen LogP contribution in [-0.2, 0) is 20.9 Å². The maximum Gasteiger partial charge on any atom is 0.326 e. The number of hydrogen-bond donors (Lipinski definition) is 7. The zero-order valence-electron chi connectivity index (χ0n) is 16.7. The van der Waals surface area contributed by atoms with E-state index in [2.05, 4.69) is 26.6 Å². The van der Waals surface area contributed by atoms with Gasteiger partial charge in [-0.2, -0.15) is 0 Å². The third-order valence-corrected chi connectivity index (χ3v) is 3.42. The van der Waals surface area contributed by atoms with Gasteiger partial charge in [0.25, 0.3) is 0 Å². The zero-order chi connectivity index (χ0) is 23.1. The van der Waals surface area contributed by atoms with Gasteiger partial charge in [-0.25, -0.2) is 9.59 Å². The smallest absolute Gasteiger partial charge is 0.326 e. The van der Waals surface area contributed by atoms with Crippen LogP contribution in [-0.4, -0.2) is 56.9 Å². The van der Waals surface area contributed by atoms with Crippen molar-refractivity contribution in [3.63, 3.8) is 0 Å². The lowest BCUT2D eigenvalue weighted by molar-refractivity contribution is -0.140. The van der Waals surface area contributed by atoms with E-state index in [0.717, 1.165) is 12.8 Å². The number of hydrogen-bond acceptors (Lipinski definition) is 9. The summed E-state index contributed by atoms with van der Waals surface area (Å²) in [4.78, 5) is 42.5. The standard InChI is InChI=1S/C14H24N6O6.C2H5NO/c15-6-2-1-3-8(16)12-20-19-10(26-12)7-17-14(25)18-9(13(23)24)4-5-11(21)22;1-2(3)4/h8-9H,1-7,15-16H2,(H,21,22)(H,23,24)(H2,17,18,25);1H3,(H2,3,4). The van der Waals surface area contributed by atoms with E-state index < -0.39 is 30.1 Å². The van der Waals surface area contributed by atoms with Gasteiger partial charge in [0.15, 0.2) is 0 Å². The highest BCUT2D eigenvalue weighted by Crippen LogP contribution is 2.15. The summed E-state index contributed by atoms with van der Waals surface area (Å²) in [5, 5.41) is 29.6.